The monoisotopic (exact) mass is 412 g/mol. The number of benzene rings is 2. The summed E-state index contributed by atoms with van der Waals surface area (Å²) < 4.78 is 15.3. The number of nitrogens with one attached hydrogen (secondary N) is 1. The van der Waals surface area contributed by atoms with Gasteiger partial charge in [0.15, 0.2) is 6.61 Å². The SMILES string of the molecule is COc1cc(OC)cc(C(=O)NCC(=O)OCC(=O)N2c3ccccc3C[C@@H]2C)c1. The van der Waals surface area contributed by atoms with Gasteiger partial charge in [-0.1, -0.05) is 18.2 Å². The van der Waals surface area contributed by atoms with Gasteiger partial charge >= 0.3 is 5.97 Å². The number of anilines is 1. The second-order valence-corrected chi connectivity index (χ2v) is 6.89. The first-order valence-electron chi connectivity index (χ1n) is 9.49. The quantitative estimate of drug-likeness (QED) is 0.699. The summed E-state index contributed by atoms with van der Waals surface area (Å²) in [6.45, 7) is 1.19. The van der Waals surface area contributed by atoms with E-state index in [1.807, 2.05) is 31.2 Å². The molecule has 30 heavy (non-hydrogen) atoms. The van der Waals surface area contributed by atoms with Crippen molar-refractivity contribution in [2.75, 3.05) is 32.3 Å². The van der Waals surface area contributed by atoms with Crippen LogP contribution in [0.3, 0.4) is 0 Å². The molecule has 0 aliphatic carbocycles. The van der Waals surface area contributed by atoms with E-state index in [2.05, 4.69) is 5.32 Å². The van der Waals surface area contributed by atoms with Crippen molar-refractivity contribution in [2.45, 2.75) is 19.4 Å². The molecule has 0 aromatic heterocycles. The maximum Gasteiger partial charge on any atom is 0.325 e. The number of ether oxygens (including phenoxy) is 3. The smallest absolute Gasteiger partial charge is 0.325 e. The van der Waals surface area contributed by atoms with Crippen molar-refractivity contribution < 1.29 is 28.6 Å². The first kappa shape index (κ1) is 21.2. The van der Waals surface area contributed by atoms with E-state index < -0.39 is 11.9 Å². The zero-order valence-corrected chi connectivity index (χ0v) is 17.1. The molecule has 0 bridgehead atoms. The van der Waals surface area contributed by atoms with Crippen LogP contribution >= 0.6 is 0 Å². The van der Waals surface area contributed by atoms with Gasteiger partial charge in [0, 0.05) is 23.4 Å². The molecule has 1 aliphatic heterocycles. The minimum absolute atomic E-state index is 0.00338. The fourth-order valence-electron chi connectivity index (χ4n) is 3.40. The van der Waals surface area contributed by atoms with Gasteiger partial charge < -0.3 is 24.4 Å². The average Bonchev–Trinajstić information content (AvgIpc) is 3.10. The topological polar surface area (TPSA) is 94.2 Å². The molecule has 8 nitrogen and oxygen atoms in total. The Labute approximate surface area is 174 Å². The number of amides is 2. The Morgan fingerprint density at radius 1 is 1.07 bits per heavy atom. The number of hydrogen-bond acceptors (Lipinski definition) is 6. The van der Waals surface area contributed by atoms with E-state index in [0.29, 0.717) is 11.5 Å². The van der Waals surface area contributed by atoms with Gasteiger partial charge in [-0.25, -0.2) is 0 Å². The highest BCUT2D eigenvalue weighted by molar-refractivity contribution is 5.99. The number of para-hydroxylation sites is 1. The zero-order chi connectivity index (χ0) is 21.7. The third-order valence-electron chi connectivity index (χ3n) is 4.84. The van der Waals surface area contributed by atoms with Crippen molar-refractivity contribution >= 4 is 23.5 Å². The molecule has 2 aromatic rings. The molecule has 2 aromatic carbocycles. The first-order valence-corrected chi connectivity index (χ1v) is 9.49. The molecule has 0 unspecified atom stereocenters. The average molecular weight is 412 g/mol. The first-order chi connectivity index (χ1) is 14.4. The van der Waals surface area contributed by atoms with Crippen LogP contribution in [0.5, 0.6) is 11.5 Å². The van der Waals surface area contributed by atoms with E-state index in [1.54, 1.807) is 11.0 Å². The number of rotatable bonds is 7. The summed E-state index contributed by atoms with van der Waals surface area (Å²) in [5.74, 6) is -0.589. The number of methoxy groups -OCH3 is 2. The van der Waals surface area contributed by atoms with Crippen LogP contribution in [0.2, 0.25) is 0 Å². The van der Waals surface area contributed by atoms with E-state index >= 15 is 0 Å². The fraction of sp³-hybridized carbons (Fsp3) is 0.318. The van der Waals surface area contributed by atoms with E-state index in [0.717, 1.165) is 17.7 Å². The van der Waals surface area contributed by atoms with Crippen molar-refractivity contribution in [2.24, 2.45) is 0 Å². The highest BCUT2D eigenvalue weighted by atomic mass is 16.5. The van der Waals surface area contributed by atoms with Crippen molar-refractivity contribution in [1.29, 1.82) is 0 Å². The second-order valence-electron chi connectivity index (χ2n) is 6.89. The number of carbonyl (C=O) groups excluding carboxylic acids is 3. The van der Waals surface area contributed by atoms with Crippen molar-refractivity contribution in [3.05, 3.63) is 53.6 Å². The Balaban J connectivity index is 1.52. The normalized spacial score (nSPS) is 14.6. The lowest BCUT2D eigenvalue weighted by atomic mass is 10.1. The van der Waals surface area contributed by atoms with Crippen LogP contribution in [0, 0.1) is 0 Å². The lowest BCUT2D eigenvalue weighted by Crippen LogP contribution is -2.39. The van der Waals surface area contributed by atoms with Gasteiger partial charge in [-0.2, -0.15) is 0 Å². The van der Waals surface area contributed by atoms with Gasteiger partial charge in [0.1, 0.15) is 18.0 Å². The predicted octanol–water partition coefficient (Wildman–Crippen LogP) is 1.95. The Morgan fingerprint density at radius 3 is 2.40 bits per heavy atom. The van der Waals surface area contributed by atoms with Crippen molar-refractivity contribution in [1.82, 2.24) is 5.32 Å². The van der Waals surface area contributed by atoms with Crippen LogP contribution < -0.4 is 19.7 Å². The molecule has 0 saturated heterocycles. The van der Waals surface area contributed by atoms with Crippen LogP contribution in [0.4, 0.5) is 5.69 Å². The van der Waals surface area contributed by atoms with Gasteiger partial charge in [-0.3, -0.25) is 14.4 Å². The third kappa shape index (κ3) is 4.71. The molecule has 158 valence electrons. The maximum absolute atomic E-state index is 12.6. The summed E-state index contributed by atoms with van der Waals surface area (Å²) >= 11 is 0. The zero-order valence-electron chi connectivity index (χ0n) is 17.1. The van der Waals surface area contributed by atoms with Gasteiger partial charge in [0.2, 0.25) is 0 Å². The standard InChI is InChI=1S/C22H24N2O6/c1-14-8-15-6-4-5-7-19(15)24(14)20(25)13-30-21(26)12-23-22(27)16-9-17(28-2)11-18(10-16)29-3/h4-7,9-11,14H,8,12-13H2,1-3H3,(H,23,27)/t14-/m0/s1. The highest BCUT2D eigenvalue weighted by Crippen LogP contribution is 2.31. The van der Waals surface area contributed by atoms with Crippen LogP contribution in [0.25, 0.3) is 0 Å². The van der Waals surface area contributed by atoms with Crippen molar-refractivity contribution in [3.63, 3.8) is 0 Å². The van der Waals surface area contributed by atoms with Gasteiger partial charge in [0.25, 0.3) is 11.8 Å². The Hall–Kier alpha value is -3.55. The van der Waals surface area contributed by atoms with Gasteiger partial charge in [-0.05, 0) is 37.1 Å². The lowest BCUT2D eigenvalue weighted by molar-refractivity contribution is -0.146. The maximum atomic E-state index is 12.6. The number of hydrogen-bond donors (Lipinski definition) is 1. The molecule has 3 rings (SSSR count). The summed E-state index contributed by atoms with van der Waals surface area (Å²) in [6, 6.07) is 12.3. The molecule has 0 fully saturated rings. The number of nitrogens with zero attached hydrogens (tertiary/aromatic N) is 1. The molecular formula is C22H24N2O6. The Bertz CT molecular complexity index is 936. The largest absolute Gasteiger partial charge is 0.497 e. The summed E-state index contributed by atoms with van der Waals surface area (Å²) in [6.07, 6.45) is 0.760. The molecule has 1 atom stereocenters. The third-order valence-corrected chi connectivity index (χ3v) is 4.84. The number of esters is 1. The predicted molar refractivity (Wildman–Crippen MR) is 110 cm³/mol. The molecule has 8 heteroatoms. The summed E-state index contributed by atoms with van der Waals surface area (Å²) in [5.41, 5.74) is 2.20. The molecule has 0 spiro atoms. The van der Waals surface area contributed by atoms with Crippen LogP contribution in [0.1, 0.15) is 22.8 Å². The highest BCUT2D eigenvalue weighted by Gasteiger charge is 2.30. The molecule has 0 saturated carbocycles. The Kier molecular flexibility index (Phi) is 6.56. The van der Waals surface area contributed by atoms with Crippen LogP contribution in [-0.2, 0) is 20.7 Å². The molecule has 0 radical (unpaired) electrons. The van der Waals surface area contributed by atoms with E-state index in [4.69, 9.17) is 14.2 Å². The summed E-state index contributed by atoms with van der Waals surface area (Å²) in [5, 5.41) is 2.47. The minimum atomic E-state index is -0.702. The van der Waals surface area contributed by atoms with E-state index in [9.17, 15) is 14.4 Å². The van der Waals surface area contributed by atoms with Gasteiger partial charge in [0.05, 0.1) is 14.2 Å². The number of carbonyl (C=O) groups is 3. The van der Waals surface area contributed by atoms with Crippen LogP contribution in [-0.4, -0.2) is 51.2 Å². The fourth-order valence-corrected chi connectivity index (χ4v) is 3.40. The Morgan fingerprint density at radius 2 is 1.73 bits per heavy atom. The molecule has 1 N–H and O–H groups in total. The van der Waals surface area contributed by atoms with E-state index in [1.165, 1.54) is 26.4 Å². The molecular weight excluding hydrogens is 388 g/mol. The lowest BCUT2D eigenvalue weighted by Gasteiger charge is -2.22. The molecule has 1 heterocycles. The second kappa shape index (κ2) is 9.30. The summed E-state index contributed by atoms with van der Waals surface area (Å²) in [4.78, 5) is 38.5. The molecule has 2 amide bonds. The van der Waals surface area contributed by atoms with Crippen molar-refractivity contribution in [3.8, 4) is 11.5 Å². The minimum Gasteiger partial charge on any atom is -0.497 e. The van der Waals surface area contributed by atoms with E-state index in [-0.39, 0.29) is 30.7 Å². The molecule has 1 aliphatic rings. The summed E-state index contributed by atoms with van der Waals surface area (Å²) in [7, 11) is 2.95. The van der Waals surface area contributed by atoms with Crippen LogP contribution in [0.15, 0.2) is 42.5 Å². The van der Waals surface area contributed by atoms with Gasteiger partial charge in [-0.15, -0.1) is 0 Å². The number of fused-ring (bicyclic) bond motifs is 1.